The predicted octanol–water partition coefficient (Wildman–Crippen LogP) is 4.60. The van der Waals surface area contributed by atoms with E-state index >= 15 is 0 Å². The molecule has 0 aliphatic carbocycles. The van der Waals surface area contributed by atoms with Crippen LogP contribution in [0.1, 0.15) is 51.5 Å². The fraction of sp³-hybridized carbons (Fsp3) is 0.625. The van der Waals surface area contributed by atoms with Crippen molar-refractivity contribution in [3.05, 3.63) is 35.9 Å². The summed E-state index contributed by atoms with van der Waals surface area (Å²) in [5, 5.41) is 0. The summed E-state index contributed by atoms with van der Waals surface area (Å²) >= 11 is 0. The highest BCUT2D eigenvalue weighted by atomic mass is 16.5. The third-order valence-corrected chi connectivity index (χ3v) is 3.08. The minimum atomic E-state index is 0.476. The van der Waals surface area contributed by atoms with Crippen LogP contribution in [0.4, 0.5) is 0 Å². The normalized spacial score (nSPS) is 12.6. The van der Waals surface area contributed by atoms with Crippen molar-refractivity contribution in [2.45, 2.75) is 58.5 Å². The van der Waals surface area contributed by atoms with Gasteiger partial charge < -0.3 is 4.74 Å². The van der Waals surface area contributed by atoms with Gasteiger partial charge in [-0.25, -0.2) is 0 Å². The lowest BCUT2D eigenvalue weighted by atomic mass is 10.1. The standard InChI is InChI=1S/C16H26O/c1-3-5-12-16(9-4-2)17-14-13-15-10-7-6-8-11-15/h6-8,10-11,16H,3-5,9,12-14H2,1-2H3. The number of ether oxygens (including phenoxy) is 1. The highest BCUT2D eigenvalue weighted by Gasteiger charge is 2.07. The molecule has 1 rings (SSSR count). The van der Waals surface area contributed by atoms with Crippen molar-refractivity contribution >= 4 is 0 Å². The molecule has 0 spiro atoms. The summed E-state index contributed by atoms with van der Waals surface area (Å²) in [5.74, 6) is 0. The van der Waals surface area contributed by atoms with Gasteiger partial charge in [0.2, 0.25) is 0 Å². The molecule has 96 valence electrons. The molecular weight excluding hydrogens is 208 g/mol. The van der Waals surface area contributed by atoms with E-state index in [4.69, 9.17) is 4.74 Å². The summed E-state index contributed by atoms with van der Waals surface area (Å²) < 4.78 is 5.99. The third kappa shape index (κ3) is 6.48. The van der Waals surface area contributed by atoms with Crippen LogP contribution >= 0.6 is 0 Å². The lowest BCUT2D eigenvalue weighted by Gasteiger charge is -2.16. The minimum Gasteiger partial charge on any atom is -0.378 e. The second-order valence-electron chi connectivity index (χ2n) is 4.66. The Bertz CT molecular complexity index is 268. The first kappa shape index (κ1) is 14.2. The van der Waals surface area contributed by atoms with Crippen LogP contribution in [0.3, 0.4) is 0 Å². The smallest absolute Gasteiger partial charge is 0.0575 e. The molecule has 0 amide bonds. The van der Waals surface area contributed by atoms with Gasteiger partial charge in [0.1, 0.15) is 0 Å². The van der Waals surface area contributed by atoms with Crippen molar-refractivity contribution in [1.82, 2.24) is 0 Å². The first-order valence-electron chi connectivity index (χ1n) is 7.02. The Morgan fingerprint density at radius 3 is 2.41 bits per heavy atom. The molecule has 1 unspecified atom stereocenters. The topological polar surface area (TPSA) is 9.23 Å². The fourth-order valence-electron chi connectivity index (χ4n) is 2.05. The van der Waals surface area contributed by atoms with Gasteiger partial charge in [-0.15, -0.1) is 0 Å². The molecule has 0 saturated heterocycles. The molecule has 0 aliphatic rings. The van der Waals surface area contributed by atoms with E-state index < -0.39 is 0 Å². The highest BCUT2D eigenvalue weighted by Crippen LogP contribution is 2.11. The molecule has 1 aromatic rings. The molecule has 0 heterocycles. The van der Waals surface area contributed by atoms with Crippen LogP contribution in [0.25, 0.3) is 0 Å². The molecule has 0 radical (unpaired) electrons. The molecule has 1 aromatic carbocycles. The summed E-state index contributed by atoms with van der Waals surface area (Å²) in [6, 6.07) is 10.6. The van der Waals surface area contributed by atoms with Crippen LogP contribution in [0.2, 0.25) is 0 Å². The van der Waals surface area contributed by atoms with Crippen molar-refractivity contribution in [2.24, 2.45) is 0 Å². The third-order valence-electron chi connectivity index (χ3n) is 3.08. The lowest BCUT2D eigenvalue weighted by molar-refractivity contribution is 0.0417. The van der Waals surface area contributed by atoms with Crippen molar-refractivity contribution in [1.29, 1.82) is 0 Å². The van der Waals surface area contributed by atoms with Crippen LogP contribution < -0.4 is 0 Å². The number of unbranched alkanes of at least 4 members (excludes halogenated alkanes) is 1. The molecule has 0 N–H and O–H groups in total. The summed E-state index contributed by atoms with van der Waals surface area (Å²) in [4.78, 5) is 0. The van der Waals surface area contributed by atoms with E-state index in [9.17, 15) is 0 Å². The van der Waals surface area contributed by atoms with E-state index in [1.807, 2.05) is 0 Å². The van der Waals surface area contributed by atoms with Crippen molar-refractivity contribution in [3.63, 3.8) is 0 Å². The quantitative estimate of drug-likeness (QED) is 0.606. The van der Waals surface area contributed by atoms with Gasteiger partial charge in [0.05, 0.1) is 12.7 Å². The van der Waals surface area contributed by atoms with Gasteiger partial charge in [-0.05, 0) is 24.8 Å². The number of rotatable bonds is 9. The zero-order chi connectivity index (χ0) is 12.3. The molecule has 17 heavy (non-hydrogen) atoms. The predicted molar refractivity (Wildman–Crippen MR) is 74.3 cm³/mol. The molecule has 0 bridgehead atoms. The molecule has 1 atom stereocenters. The molecule has 0 fully saturated rings. The van der Waals surface area contributed by atoms with Crippen molar-refractivity contribution < 1.29 is 4.74 Å². The maximum Gasteiger partial charge on any atom is 0.0575 e. The summed E-state index contributed by atoms with van der Waals surface area (Å²) in [6.45, 7) is 5.34. The van der Waals surface area contributed by atoms with E-state index in [-0.39, 0.29) is 0 Å². The van der Waals surface area contributed by atoms with Gasteiger partial charge in [0, 0.05) is 0 Å². The fourth-order valence-corrected chi connectivity index (χ4v) is 2.05. The molecule has 0 saturated carbocycles. The SMILES string of the molecule is CCCCC(CCC)OCCc1ccccc1. The first-order chi connectivity index (χ1) is 8.36. The Hall–Kier alpha value is -0.820. The molecule has 1 nitrogen and oxygen atoms in total. The second kappa shape index (κ2) is 9.23. The first-order valence-corrected chi connectivity index (χ1v) is 7.02. The minimum absolute atomic E-state index is 0.476. The van der Waals surface area contributed by atoms with Crippen LogP contribution in [-0.2, 0) is 11.2 Å². The Kier molecular flexibility index (Phi) is 7.74. The number of hydrogen-bond donors (Lipinski definition) is 0. The van der Waals surface area contributed by atoms with E-state index in [1.54, 1.807) is 0 Å². The van der Waals surface area contributed by atoms with E-state index in [0.717, 1.165) is 13.0 Å². The lowest BCUT2D eigenvalue weighted by Crippen LogP contribution is -2.14. The zero-order valence-electron chi connectivity index (χ0n) is 11.3. The van der Waals surface area contributed by atoms with Crippen LogP contribution in [-0.4, -0.2) is 12.7 Å². The Morgan fingerprint density at radius 1 is 1.00 bits per heavy atom. The van der Waals surface area contributed by atoms with Gasteiger partial charge in [-0.3, -0.25) is 0 Å². The Balaban J connectivity index is 2.22. The molecular formula is C16H26O. The Morgan fingerprint density at radius 2 is 1.76 bits per heavy atom. The Labute approximate surface area is 106 Å². The maximum atomic E-state index is 5.99. The van der Waals surface area contributed by atoms with E-state index in [2.05, 4.69) is 44.2 Å². The molecule has 0 aromatic heterocycles. The zero-order valence-corrected chi connectivity index (χ0v) is 11.3. The van der Waals surface area contributed by atoms with Gasteiger partial charge in [0.25, 0.3) is 0 Å². The van der Waals surface area contributed by atoms with Gasteiger partial charge in [-0.2, -0.15) is 0 Å². The van der Waals surface area contributed by atoms with Crippen molar-refractivity contribution in [2.75, 3.05) is 6.61 Å². The number of hydrogen-bond acceptors (Lipinski definition) is 1. The van der Waals surface area contributed by atoms with Crippen LogP contribution in [0, 0.1) is 0 Å². The monoisotopic (exact) mass is 234 g/mol. The summed E-state index contributed by atoms with van der Waals surface area (Å²) in [6.07, 6.45) is 7.71. The van der Waals surface area contributed by atoms with Gasteiger partial charge >= 0.3 is 0 Å². The largest absolute Gasteiger partial charge is 0.378 e. The van der Waals surface area contributed by atoms with E-state index in [1.165, 1.54) is 37.7 Å². The van der Waals surface area contributed by atoms with Gasteiger partial charge in [0.15, 0.2) is 0 Å². The van der Waals surface area contributed by atoms with Gasteiger partial charge in [-0.1, -0.05) is 63.4 Å². The van der Waals surface area contributed by atoms with Crippen molar-refractivity contribution in [3.8, 4) is 0 Å². The molecule has 1 heteroatoms. The number of benzene rings is 1. The average Bonchev–Trinajstić information content (AvgIpc) is 2.37. The second-order valence-corrected chi connectivity index (χ2v) is 4.66. The maximum absolute atomic E-state index is 5.99. The van der Waals surface area contributed by atoms with E-state index in [0.29, 0.717) is 6.10 Å². The van der Waals surface area contributed by atoms with Crippen LogP contribution in [0.5, 0.6) is 0 Å². The summed E-state index contributed by atoms with van der Waals surface area (Å²) in [5.41, 5.74) is 1.37. The molecule has 0 aliphatic heterocycles. The highest BCUT2D eigenvalue weighted by molar-refractivity contribution is 5.14. The van der Waals surface area contributed by atoms with Crippen LogP contribution in [0.15, 0.2) is 30.3 Å². The summed E-state index contributed by atoms with van der Waals surface area (Å²) in [7, 11) is 0. The average molecular weight is 234 g/mol.